The Balaban J connectivity index is 1.85. The molecule has 2 aromatic heterocycles. The average Bonchev–Trinajstić information content (AvgIpc) is 3.16. The van der Waals surface area contributed by atoms with Crippen LogP contribution in [0.25, 0.3) is 16.9 Å². The minimum Gasteiger partial charge on any atom is -0.493 e. The summed E-state index contributed by atoms with van der Waals surface area (Å²) in [6.07, 6.45) is 1.46. The number of aromatic amines is 1. The Bertz CT molecular complexity index is 1590. The fourth-order valence-electron chi connectivity index (χ4n) is 3.97. The summed E-state index contributed by atoms with van der Waals surface area (Å²) in [5, 5.41) is 14.0. The number of rotatable bonds is 9. The Morgan fingerprint density at radius 2 is 1.92 bits per heavy atom. The monoisotopic (exact) mass is 511 g/mol. The summed E-state index contributed by atoms with van der Waals surface area (Å²) in [6, 6.07) is 9.45. The fraction of sp³-hybridized carbons (Fsp3) is 0.320. The first-order chi connectivity index (χ1) is 17.2. The minimum absolute atomic E-state index is 0.0342. The molecule has 36 heavy (non-hydrogen) atoms. The fourth-order valence-corrected chi connectivity index (χ4v) is 5.11. The first-order valence-electron chi connectivity index (χ1n) is 11.7. The molecule has 0 spiro atoms. The van der Waals surface area contributed by atoms with Gasteiger partial charge in [0.25, 0.3) is 15.6 Å². The second-order valence-corrected chi connectivity index (χ2v) is 10.1. The van der Waals surface area contributed by atoms with Crippen LogP contribution < -0.4 is 15.0 Å². The number of imidazole rings is 1. The molecule has 0 aliphatic carbocycles. The molecule has 190 valence electrons. The number of aryl methyl sites for hydroxylation is 3. The van der Waals surface area contributed by atoms with Crippen LogP contribution in [0.2, 0.25) is 0 Å². The van der Waals surface area contributed by atoms with E-state index in [9.17, 15) is 18.3 Å². The van der Waals surface area contributed by atoms with Crippen LogP contribution in [0.1, 0.15) is 42.9 Å². The van der Waals surface area contributed by atoms with E-state index in [0.717, 1.165) is 6.42 Å². The summed E-state index contributed by atoms with van der Waals surface area (Å²) in [4.78, 5) is 20.2. The van der Waals surface area contributed by atoms with E-state index in [1.165, 1.54) is 16.6 Å². The zero-order valence-electron chi connectivity index (χ0n) is 20.6. The van der Waals surface area contributed by atoms with Gasteiger partial charge in [-0.05, 0) is 62.6 Å². The normalized spacial score (nSPS) is 11.7. The summed E-state index contributed by atoms with van der Waals surface area (Å²) < 4.78 is 36.5. The SMILES string of the molecule is CCCc1nc(C)c2c(=O)[nH]c(-c3cc(S(=O)(=O)Nc4cc(CO)ccc4C)ccc3OCC)nn12. The minimum atomic E-state index is -4.01. The standard InChI is InChI=1S/C25H29N5O5S/c1-5-7-22-26-16(4)23-25(32)27-24(28-30(22)23)19-13-18(10-11-21(19)35-6-2)36(33,34)29-20-12-17(14-31)9-8-15(20)3/h8-13,29,31H,5-7,14H2,1-4H3,(H,27,28,32). The molecule has 0 atom stereocenters. The lowest BCUT2D eigenvalue weighted by atomic mass is 10.1. The molecule has 0 bridgehead atoms. The van der Waals surface area contributed by atoms with Crippen LogP contribution in [0, 0.1) is 13.8 Å². The van der Waals surface area contributed by atoms with Crippen LogP contribution in [0.3, 0.4) is 0 Å². The smallest absolute Gasteiger partial charge is 0.277 e. The van der Waals surface area contributed by atoms with Crippen LogP contribution in [0.5, 0.6) is 5.75 Å². The van der Waals surface area contributed by atoms with Gasteiger partial charge in [0.05, 0.1) is 35.1 Å². The highest BCUT2D eigenvalue weighted by atomic mass is 32.2. The number of sulfonamides is 1. The number of hydrogen-bond acceptors (Lipinski definition) is 7. The van der Waals surface area contributed by atoms with Crippen molar-refractivity contribution in [3.05, 3.63) is 69.4 Å². The predicted molar refractivity (Wildman–Crippen MR) is 137 cm³/mol. The zero-order valence-corrected chi connectivity index (χ0v) is 21.4. The summed E-state index contributed by atoms with van der Waals surface area (Å²) in [5.41, 5.74) is 2.53. The summed E-state index contributed by atoms with van der Waals surface area (Å²) in [6.45, 7) is 7.47. The average molecular weight is 512 g/mol. The number of aliphatic hydroxyl groups is 1. The van der Waals surface area contributed by atoms with Crippen molar-refractivity contribution in [3.8, 4) is 17.1 Å². The van der Waals surface area contributed by atoms with Crippen LogP contribution in [-0.4, -0.2) is 39.7 Å². The van der Waals surface area contributed by atoms with Gasteiger partial charge in [0, 0.05) is 6.42 Å². The molecule has 3 N–H and O–H groups in total. The van der Waals surface area contributed by atoms with Crippen LogP contribution in [-0.2, 0) is 23.1 Å². The molecule has 4 aromatic rings. The molecule has 0 fully saturated rings. The van der Waals surface area contributed by atoms with E-state index in [-0.39, 0.29) is 22.9 Å². The summed E-state index contributed by atoms with van der Waals surface area (Å²) >= 11 is 0. The predicted octanol–water partition coefficient (Wildman–Crippen LogP) is 3.35. The number of ether oxygens (including phenoxy) is 1. The van der Waals surface area contributed by atoms with Gasteiger partial charge in [0.15, 0.2) is 11.3 Å². The van der Waals surface area contributed by atoms with E-state index in [1.54, 1.807) is 38.1 Å². The molecule has 0 amide bonds. The lowest BCUT2D eigenvalue weighted by Crippen LogP contribution is -2.17. The molecular weight excluding hydrogens is 482 g/mol. The second-order valence-electron chi connectivity index (χ2n) is 8.43. The van der Waals surface area contributed by atoms with E-state index >= 15 is 0 Å². The van der Waals surface area contributed by atoms with Crippen molar-refractivity contribution in [2.45, 2.75) is 52.0 Å². The number of aromatic nitrogens is 4. The molecular formula is C25H29N5O5S. The largest absolute Gasteiger partial charge is 0.493 e. The number of aliphatic hydroxyl groups excluding tert-OH is 1. The lowest BCUT2D eigenvalue weighted by Gasteiger charge is -2.15. The highest BCUT2D eigenvalue weighted by Crippen LogP contribution is 2.31. The van der Waals surface area contributed by atoms with Crippen molar-refractivity contribution in [1.29, 1.82) is 0 Å². The number of hydrogen-bond donors (Lipinski definition) is 3. The molecule has 4 rings (SSSR count). The molecule has 2 aromatic carbocycles. The lowest BCUT2D eigenvalue weighted by molar-refractivity contribution is 0.282. The van der Waals surface area contributed by atoms with Crippen LogP contribution in [0.4, 0.5) is 5.69 Å². The van der Waals surface area contributed by atoms with Gasteiger partial charge in [-0.3, -0.25) is 9.52 Å². The van der Waals surface area contributed by atoms with Crippen molar-refractivity contribution in [2.24, 2.45) is 0 Å². The number of H-pyrrole nitrogens is 1. The van der Waals surface area contributed by atoms with Crippen molar-refractivity contribution < 1.29 is 18.3 Å². The number of fused-ring (bicyclic) bond motifs is 1. The Morgan fingerprint density at radius 3 is 2.61 bits per heavy atom. The van der Waals surface area contributed by atoms with Gasteiger partial charge >= 0.3 is 0 Å². The second kappa shape index (κ2) is 10.1. The molecule has 0 aliphatic heterocycles. The summed E-state index contributed by atoms with van der Waals surface area (Å²) in [5.74, 6) is 1.20. The van der Waals surface area contributed by atoms with Gasteiger partial charge in [-0.2, -0.15) is 0 Å². The molecule has 0 saturated heterocycles. The van der Waals surface area contributed by atoms with Gasteiger partial charge in [-0.15, -0.1) is 5.10 Å². The maximum atomic E-state index is 13.3. The highest BCUT2D eigenvalue weighted by Gasteiger charge is 2.21. The highest BCUT2D eigenvalue weighted by molar-refractivity contribution is 7.92. The molecule has 0 aliphatic rings. The zero-order chi connectivity index (χ0) is 26.0. The molecule has 0 saturated carbocycles. The topological polar surface area (TPSA) is 139 Å². The van der Waals surface area contributed by atoms with Gasteiger partial charge < -0.3 is 14.8 Å². The van der Waals surface area contributed by atoms with Gasteiger partial charge in [-0.1, -0.05) is 19.1 Å². The third-order valence-corrected chi connectivity index (χ3v) is 7.12. The molecule has 11 heteroatoms. The summed E-state index contributed by atoms with van der Waals surface area (Å²) in [7, 11) is -4.01. The maximum absolute atomic E-state index is 13.3. The molecule has 2 heterocycles. The first kappa shape index (κ1) is 25.4. The number of benzene rings is 2. The maximum Gasteiger partial charge on any atom is 0.277 e. The van der Waals surface area contributed by atoms with Crippen molar-refractivity contribution in [3.63, 3.8) is 0 Å². The van der Waals surface area contributed by atoms with E-state index < -0.39 is 10.0 Å². The molecule has 10 nitrogen and oxygen atoms in total. The van der Waals surface area contributed by atoms with Crippen LogP contribution >= 0.6 is 0 Å². The van der Waals surface area contributed by atoms with E-state index in [0.29, 0.717) is 58.2 Å². The van der Waals surface area contributed by atoms with Crippen molar-refractivity contribution in [1.82, 2.24) is 19.6 Å². The van der Waals surface area contributed by atoms with Crippen LogP contribution in [0.15, 0.2) is 46.1 Å². The van der Waals surface area contributed by atoms with Crippen molar-refractivity contribution >= 4 is 21.2 Å². The van der Waals surface area contributed by atoms with E-state index in [1.807, 2.05) is 13.8 Å². The quantitative estimate of drug-likeness (QED) is 0.313. The van der Waals surface area contributed by atoms with Gasteiger partial charge in [0.1, 0.15) is 11.6 Å². The Hall–Kier alpha value is -3.70. The van der Waals surface area contributed by atoms with Crippen molar-refractivity contribution in [2.75, 3.05) is 11.3 Å². The Morgan fingerprint density at radius 1 is 1.14 bits per heavy atom. The molecule has 0 radical (unpaired) electrons. The number of anilines is 1. The van der Waals surface area contributed by atoms with E-state index in [2.05, 4.69) is 19.8 Å². The number of nitrogens with zero attached hydrogens (tertiary/aromatic N) is 3. The third-order valence-electron chi connectivity index (χ3n) is 5.76. The Labute approximate surface area is 209 Å². The molecule has 0 unspecified atom stereocenters. The van der Waals surface area contributed by atoms with E-state index in [4.69, 9.17) is 4.74 Å². The third kappa shape index (κ3) is 4.84. The first-order valence-corrected chi connectivity index (χ1v) is 13.2. The van der Waals surface area contributed by atoms with Gasteiger partial charge in [-0.25, -0.2) is 17.9 Å². The Kier molecular flexibility index (Phi) is 7.14. The van der Waals surface area contributed by atoms with Gasteiger partial charge in [0.2, 0.25) is 0 Å². The number of nitrogens with one attached hydrogen (secondary N) is 2.